The number of fused-ring (bicyclic) bond motifs is 1. The fraction of sp³-hybridized carbons (Fsp3) is 0.609. The maximum absolute atomic E-state index is 13.4. The number of hydrogen-bond donors (Lipinski definition) is 1. The van der Waals surface area contributed by atoms with Crippen LogP contribution in [0.2, 0.25) is 0 Å². The standard InChI is InChI=1S/C23H30FN3O4/c24-17-7-5-16(6-8-17)20(26-11-13-31-14-12-26)15-25-21(28)9-10-27-22(29)18-3-1-2-4-19(18)23(27)30/h5-8,18-20H,1-4,9-15H2,(H,25,28). The molecule has 2 saturated heterocycles. The van der Waals surface area contributed by atoms with Gasteiger partial charge < -0.3 is 10.1 Å². The number of hydrogen-bond acceptors (Lipinski definition) is 5. The topological polar surface area (TPSA) is 79.0 Å². The first-order valence-electron chi connectivity index (χ1n) is 11.2. The van der Waals surface area contributed by atoms with E-state index in [4.69, 9.17) is 4.74 Å². The van der Waals surface area contributed by atoms with E-state index >= 15 is 0 Å². The van der Waals surface area contributed by atoms with Crippen LogP contribution in [0.25, 0.3) is 0 Å². The maximum Gasteiger partial charge on any atom is 0.233 e. The third kappa shape index (κ3) is 4.96. The molecule has 3 unspecified atom stereocenters. The van der Waals surface area contributed by atoms with Crippen LogP contribution in [0.15, 0.2) is 24.3 Å². The van der Waals surface area contributed by atoms with Gasteiger partial charge in [0.25, 0.3) is 0 Å². The number of nitrogens with one attached hydrogen (secondary N) is 1. The molecule has 31 heavy (non-hydrogen) atoms. The van der Waals surface area contributed by atoms with E-state index in [1.807, 2.05) is 0 Å². The van der Waals surface area contributed by atoms with Crippen LogP contribution in [0.1, 0.15) is 43.7 Å². The number of ether oxygens (including phenoxy) is 1. The molecule has 0 bridgehead atoms. The first kappa shape index (κ1) is 21.9. The molecular formula is C23H30FN3O4. The number of rotatable bonds is 7. The summed E-state index contributed by atoms with van der Waals surface area (Å²) in [4.78, 5) is 41.2. The van der Waals surface area contributed by atoms with Crippen LogP contribution in [0.4, 0.5) is 4.39 Å². The summed E-state index contributed by atoms with van der Waals surface area (Å²) in [6.07, 6.45) is 3.62. The van der Waals surface area contributed by atoms with Gasteiger partial charge in [0, 0.05) is 32.6 Å². The molecule has 0 aromatic heterocycles. The highest BCUT2D eigenvalue weighted by molar-refractivity contribution is 6.05. The molecule has 1 aliphatic carbocycles. The van der Waals surface area contributed by atoms with Gasteiger partial charge in [0.05, 0.1) is 31.1 Å². The van der Waals surface area contributed by atoms with Gasteiger partial charge in [-0.15, -0.1) is 0 Å². The fourth-order valence-electron chi connectivity index (χ4n) is 5.00. The van der Waals surface area contributed by atoms with Gasteiger partial charge in [0.2, 0.25) is 17.7 Å². The summed E-state index contributed by atoms with van der Waals surface area (Å²) in [5.41, 5.74) is 0.928. The van der Waals surface area contributed by atoms with E-state index in [0.717, 1.165) is 44.3 Å². The molecule has 1 saturated carbocycles. The van der Waals surface area contributed by atoms with Gasteiger partial charge in [0.15, 0.2) is 0 Å². The first-order chi connectivity index (χ1) is 15.0. The lowest BCUT2D eigenvalue weighted by Crippen LogP contribution is -2.44. The molecule has 2 heterocycles. The van der Waals surface area contributed by atoms with E-state index in [1.165, 1.54) is 17.0 Å². The number of imide groups is 1. The number of carbonyl (C=O) groups is 3. The predicted molar refractivity (Wildman–Crippen MR) is 111 cm³/mol. The van der Waals surface area contributed by atoms with E-state index in [0.29, 0.717) is 19.8 Å². The third-order valence-electron chi connectivity index (χ3n) is 6.73. The van der Waals surface area contributed by atoms with Crippen LogP contribution in [0.3, 0.4) is 0 Å². The summed E-state index contributed by atoms with van der Waals surface area (Å²) in [7, 11) is 0. The van der Waals surface area contributed by atoms with E-state index in [2.05, 4.69) is 10.2 Å². The molecule has 1 aromatic carbocycles. The highest BCUT2D eigenvalue weighted by atomic mass is 19.1. The van der Waals surface area contributed by atoms with Crippen LogP contribution in [-0.4, -0.2) is 66.9 Å². The lowest BCUT2D eigenvalue weighted by Gasteiger charge is -2.35. The monoisotopic (exact) mass is 431 g/mol. The number of carbonyl (C=O) groups excluding carboxylic acids is 3. The average Bonchev–Trinajstić information content (AvgIpc) is 3.04. The van der Waals surface area contributed by atoms with Gasteiger partial charge in [-0.05, 0) is 30.5 Å². The zero-order chi connectivity index (χ0) is 21.8. The van der Waals surface area contributed by atoms with E-state index in [1.54, 1.807) is 12.1 Å². The lowest BCUT2D eigenvalue weighted by molar-refractivity contribution is -0.140. The summed E-state index contributed by atoms with van der Waals surface area (Å²) in [6, 6.07) is 6.24. The van der Waals surface area contributed by atoms with Crippen molar-refractivity contribution in [2.24, 2.45) is 11.8 Å². The number of halogens is 1. The Labute approximate surface area is 181 Å². The second kappa shape index (κ2) is 9.87. The van der Waals surface area contributed by atoms with Crippen LogP contribution < -0.4 is 5.32 Å². The Balaban J connectivity index is 1.33. The van der Waals surface area contributed by atoms with Crippen molar-refractivity contribution in [1.29, 1.82) is 0 Å². The molecular weight excluding hydrogens is 401 g/mol. The number of morpholine rings is 1. The average molecular weight is 432 g/mol. The Kier molecular flexibility index (Phi) is 6.97. The van der Waals surface area contributed by atoms with Gasteiger partial charge in [-0.1, -0.05) is 25.0 Å². The van der Waals surface area contributed by atoms with Crippen LogP contribution in [-0.2, 0) is 19.1 Å². The molecule has 168 valence electrons. The minimum absolute atomic E-state index is 0.0913. The molecule has 3 fully saturated rings. The predicted octanol–water partition coefficient (Wildman–Crippen LogP) is 1.88. The molecule has 7 nitrogen and oxygen atoms in total. The second-order valence-electron chi connectivity index (χ2n) is 8.60. The van der Waals surface area contributed by atoms with E-state index < -0.39 is 0 Å². The largest absolute Gasteiger partial charge is 0.379 e. The van der Waals surface area contributed by atoms with Crippen molar-refractivity contribution in [3.63, 3.8) is 0 Å². The lowest BCUT2D eigenvalue weighted by atomic mass is 9.81. The number of amides is 3. The maximum atomic E-state index is 13.4. The van der Waals surface area contributed by atoms with Crippen molar-refractivity contribution < 1.29 is 23.5 Å². The number of nitrogens with zero attached hydrogens (tertiary/aromatic N) is 2. The highest BCUT2D eigenvalue weighted by Crippen LogP contribution is 2.38. The Morgan fingerprint density at radius 1 is 1.06 bits per heavy atom. The van der Waals surface area contributed by atoms with Crippen LogP contribution in [0.5, 0.6) is 0 Å². The van der Waals surface area contributed by atoms with Crippen molar-refractivity contribution in [2.75, 3.05) is 39.4 Å². The summed E-state index contributed by atoms with van der Waals surface area (Å²) >= 11 is 0. The third-order valence-corrected chi connectivity index (χ3v) is 6.73. The SMILES string of the molecule is O=C(CCN1C(=O)C2CCCCC2C1=O)NCC(c1ccc(F)cc1)N1CCOCC1. The number of likely N-dealkylation sites (tertiary alicyclic amines) is 1. The van der Waals surface area contributed by atoms with Crippen molar-refractivity contribution in [3.05, 3.63) is 35.6 Å². The summed E-state index contributed by atoms with van der Waals surface area (Å²) in [5, 5.41) is 2.95. The van der Waals surface area contributed by atoms with E-state index in [-0.39, 0.29) is 54.4 Å². The fourth-order valence-corrected chi connectivity index (χ4v) is 5.00. The van der Waals surface area contributed by atoms with Crippen molar-refractivity contribution in [1.82, 2.24) is 15.1 Å². The van der Waals surface area contributed by atoms with Crippen LogP contribution >= 0.6 is 0 Å². The molecule has 0 radical (unpaired) electrons. The first-order valence-corrected chi connectivity index (χ1v) is 11.2. The van der Waals surface area contributed by atoms with Gasteiger partial charge in [0.1, 0.15) is 5.82 Å². The quantitative estimate of drug-likeness (QED) is 0.667. The zero-order valence-corrected chi connectivity index (χ0v) is 17.7. The Morgan fingerprint density at radius 3 is 2.29 bits per heavy atom. The zero-order valence-electron chi connectivity index (χ0n) is 17.7. The smallest absolute Gasteiger partial charge is 0.233 e. The molecule has 4 rings (SSSR count). The number of benzene rings is 1. The normalized spacial score (nSPS) is 25.4. The molecule has 1 aromatic rings. The van der Waals surface area contributed by atoms with Gasteiger partial charge in [-0.25, -0.2) is 4.39 Å². The summed E-state index contributed by atoms with van der Waals surface area (Å²) in [6.45, 7) is 3.21. The summed E-state index contributed by atoms with van der Waals surface area (Å²) < 4.78 is 18.8. The van der Waals surface area contributed by atoms with Crippen molar-refractivity contribution in [3.8, 4) is 0 Å². The van der Waals surface area contributed by atoms with Crippen molar-refractivity contribution >= 4 is 17.7 Å². The molecule has 0 spiro atoms. The summed E-state index contributed by atoms with van der Waals surface area (Å²) in [5.74, 6) is -1.09. The van der Waals surface area contributed by atoms with E-state index in [9.17, 15) is 18.8 Å². The molecule has 2 aliphatic heterocycles. The van der Waals surface area contributed by atoms with Crippen LogP contribution in [0, 0.1) is 17.7 Å². The molecule has 3 amide bonds. The Hall–Kier alpha value is -2.32. The molecule has 3 aliphatic rings. The van der Waals surface area contributed by atoms with Gasteiger partial charge in [-0.2, -0.15) is 0 Å². The second-order valence-corrected chi connectivity index (χ2v) is 8.60. The Bertz CT molecular complexity index is 786. The molecule has 1 N–H and O–H groups in total. The minimum atomic E-state index is -0.297. The molecule has 8 heteroatoms. The van der Waals surface area contributed by atoms with Gasteiger partial charge in [-0.3, -0.25) is 24.2 Å². The highest BCUT2D eigenvalue weighted by Gasteiger charge is 2.47. The van der Waals surface area contributed by atoms with Gasteiger partial charge >= 0.3 is 0 Å². The molecule has 3 atom stereocenters. The van der Waals surface area contributed by atoms with Crippen molar-refractivity contribution in [2.45, 2.75) is 38.1 Å². The minimum Gasteiger partial charge on any atom is -0.379 e. The Morgan fingerprint density at radius 2 is 1.68 bits per heavy atom.